The third-order valence-corrected chi connectivity index (χ3v) is 9.01. The molecular formula is C32H28ClFN6OS. The van der Waals surface area contributed by atoms with Crippen molar-refractivity contribution in [3.63, 3.8) is 0 Å². The van der Waals surface area contributed by atoms with Gasteiger partial charge >= 0.3 is 0 Å². The maximum Gasteiger partial charge on any atom is 0.195 e. The van der Waals surface area contributed by atoms with E-state index in [2.05, 4.69) is 6.07 Å². The number of hydrogen-bond donors (Lipinski definition) is 1. The second kappa shape index (κ2) is 10.2. The Morgan fingerprint density at radius 3 is 2.48 bits per heavy atom. The molecule has 0 bridgehead atoms. The summed E-state index contributed by atoms with van der Waals surface area (Å²) in [5.74, 6) is -0.969. The van der Waals surface area contributed by atoms with Crippen molar-refractivity contribution < 1.29 is 9.18 Å². The van der Waals surface area contributed by atoms with Crippen LogP contribution >= 0.6 is 22.9 Å². The lowest BCUT2D eigenvalue weighted by Gasteiger charge is -2.42. The molecule has 2 aliphatic rings. The van der Waals surface area contributed by atoms with Gasteiger partial charge in [0.05, 0.1) is 34.6 Å². The number of nitrogens with zero attached hydrogens (tertiary/aromatic N) is 5. The second-order valence-electron chi connectivity index (χ2n) is 11.5. The standard InChI is InChI=1S/C32H28ClFN6OS/c1-17-5-11-21(12-6-17)40-29(33)26(18(2)38-40)27-22(15-35)30(36)39(24-13-32(3,4)14-25(41)28(24)27)31-37-23(16-42-31)19-7-9-20(34)10-8-19/h5-12,16,27H,13-14,36H2,1-4H3. The normalized spacial score (nSPS) is 18.4. The fourth-order valence-electron chi connectivity index (χ4n) is 5.83. The zero-order chi connectivity index (χ0) is 29.9. The quantitative estimate of drug-likeness (QED) is 0.264. The summed E-state index contributed by atoms with van der Waals surface area (Å²) in [6.45, 7) is 7.92. The van der Waals surface area contributed by atoms with Crippen LogP contribution in [0.1, 0.15) is 49.4 Å². The summed E-state index contributed by atoms with van der Waals surface area (Å²) in [7, 11) is 0. The average molecular weight is 599 g/mol. The smallest absolute Gasteiger partial charge is 0.195 e. The monoisotopic (exact) mass is 598 g/mol. The first kappa shape index (κ1) is 27.9. The highest BCUT2D eigenvalue weighted by molar-refractivity contribution is 7.14. The van der Waals surface area contributed by atoms with Crippen molar-refractivity contribution in [1.82, 2.24) is 14.8 Å². The summed E-state index contributed by atoms with van der Waals surface area (Å²) in [4.78, 5) is 20.5. The van der Waals surface area contributed by atoms with Gasteiger partial charge in [0.15, 0.2) is 10.9 Å². The molecule has 1 aliphatic carbocycles. The second-order valence-corrected chi connectivity index (χ2v) is 12.7. The Bertz CT molecular complexity index is 1840. The minimum absolute atomic E-state index is 0.0645. The van der Waals surface area contributed by atoms with Gasteiger partial charge < -0.3 is 5.73 Å². The van der Waals surface area contributed by atoms with Crippen LogP contribution in [-0.4, -0.2) is 20.5 Å². The van der Waals surface area contributed by atoms with Crippen LogP contribution in [-0.2, 0) is 4.79 Å². The van der Waals surface area contributed by atoms with E-state index in [-0.39, 0.29) is 28.4 Å². The molecule has 1 atom stereocenters. The topological polar surface area (TPSA) is 101 Å². The predicted octanol–water partition coefficient (Wildman–Crippen LogP) is 7.35. The maximum absolute atomic E-state index is 14.0. The number of aromatic nitrogens is 3. The number of thiazole rings is 1. The van der Waals surface area contributed by atoms with Crippen LogP contribution in [0.4, 0.5) is 9.52 Å². The minimum atomic E-state index is -0.770. The van der Waals surface area contributed by atoms with Crippen LogP contribution in [0.25, 0.3) is 16.9 Å². The number of rotatable bonds is 4. The van der Waals surface area contributed by atoms with Crippen LogP contribution in [0.15, 0.2) is 76.6 Å². The summed E-state index contributed by atoms with van der Waals surface area (Å²) in [6.07, 6.45) is 0.856. The molecule has 2 N–H and O–H groups in total. The van der Waals surface area contributed by atoms with Gasteiger partial charge in [-0.25, -0.2) is 14.1 Å². The van der Waals surface area contributed by atoms with Gasteiger partial charge in [-0.2, -0.15) is 10.4 Å². The first-order chi connectivity index (χ1) is 20.0. The number of aryl methyl sites for hydroxylation is 2. The highest BCUT2D eigenvalue weighted by Gasteiger charge is 2.47. The molecule has 0 radical (unpaired) electrons. The van der Waals surface area contributed by atoms with Gasteiger partial charge in [0, 0.05) is 34.2 Å². The average Bonchev–Trinajstić information content (AvgIpc) is 3.52. The van der Waals surface area contributed by atoms with Crippen molar-refractivity contribution in [3.8, 4) is 23.0 Å². The van der Waals surface area contributed by atoms with E-state index in [9.17, 15) is 14.4 Å². The van der Waals surface area contributed by atoms with Crippen molar-refractivity contribution in [2.24, 2.45) is 11.1 Å². The highest BCUT2D eigenvalue weighted by Crippen LogP contribution is 2.52. The number of allylic oxidation sites excluding steroid dienone is 3. The van der Waals surface area contributed by atoms with E-state index in [0.717, 1.165) is 16.8 Å². The van der Waals surface area contributed by atoms with E-state index < -0.39 is 5.92 Å². The zero-order valence-corrected chi connectivity index (χ0v) is 25.1. The van der Waals surface area contributed by atoms with Crippen LogP contribution < -0.4 is 10.6 Å². The third-order valence-electron chi connectivity index (χ3n) is 7.82. The molecule has 6 rings (SSSR count). The number of nitrogens with two attached hydrogens (primary N) is 1. The predicted molar refractivity (Wildman–Crippen MR) is 163 cm³/mol. The number of benzene rings is 2. The molecule has 4 aromatic rings. The van der Waals surface area contributed by atoms with Gasteiger partial charge in [0.1, 0.15) is 16.8 Å². The van der Waals surface area contributed by atoms with Crippen molar-refractivity contribution in [3.05, 3.63) is 104 Å². The molecule has 0 amide bonds. The molecule has 10 heteroatoms. The molecule has 1 aliphatic heterocycles. The Kier molecular flexibility index (Phi) is 6.79. The first-order valence-electron chi connectivity index (χ1n) is 13.5. The number of nitriles is 1. The molecular weight excluding hydrogens is 571 g/mol. The van der Waals surface area contributed by atoms with E-state index in [1.807, 2.05) is 57.3 Å². The Hall–Kier alpha value is -4.26. The highest BCUT2D eigenvalue weighted by atomic mass is 35.5. The summed E-state index contributed by atoms with van der Waals surface area (Å²) in [5.41, 5.74) is 12.4. The van der Waals surface area contributed by atoms with Gasteiger partial charge in [-0.3, -0.25) is 9.69 Å². The molecule has 0 spiro atoms. The van der Waals surface area contributed by atoms with Gasteiger partial charge in [0.25, 0.3) is 0 Å². The number of carbonyl (C=O) groups is 1. The van der Waals surface area contributed by atoms with Crippen molar-refractivity contribution >= 4 is 33.9 Å². The lowest BCUT2D eigenvalue weighted by Crippen LogP contribution is -2.42. The number of carbonyl (C=O) groups excluding carboxylic acids is 1. The van der Waals surface area contributed by atoms with Crippen molar-refractivity contribution in [2.45, 2.75) is 46.5 Å². The lowest BCUT2D eigenvalue weighted by molar-refractivity contribution is -0.118. The molecule has 0 fully saturated rings. The molecule has 2 aromatic heterocycles. The van der Waals surface area contributed by atoms with E-state index in [4.69, 9.17) is 27.4 Å². The number of hydrogen-bond acceptors (Lipinski definition) is 7. The molecule has 1 unspecified atom stereocenters. The van der Waals surface area contributed by atoms with Crippen LogP contribution in [0, 0.1) is 36.4 Å². The van der Waals surface area contributed by atoms with Crippen molar-refractivity contribution in [2.75, 3.05) is 4.90 Å². The Labute approximate surface area is 252 Å². The van der Waals surface area contributed by atoms with Crippen LogP contribution in [0.2, 0.25) is 5.15 Å². The van der Waals surface area contributed by atoms with E-state index in [1.54, 1.807) is 21.7 Å². The fraction of sp³-hybridized carbons (Fsp3) is 0.250. The molecule has 212 valence electrons. The van der Waals surface area contributed by atoms with E-state index in [1.165, 1.54) is 23.5 Å². The number of ketones is 1. The molecule has 2 aromatic carbocycles. The summed E-state index contributed by atoms with van der Waals surface area (Å²) in [6, 6.07) is 16.2. The maximum atomic E-state index is 14.0. The van der Waals surface area contributed by atoms with E-state index in [0.29, 0.717) is 51.3 Å². The summed E-state index contributed by atoms with van der Waals surface area (Å²) < 4.78 is 15.2. The van der Waals surface area contributed by atoms with Crippen LogP contribution in [0.5, 0.6) is 0 Å². The van der Waals surface area contributed by atoms with Gasteiger partial charge in [-0.1, -0.05) is 43.1 Å². The van der Waals surface area contributed by atoms with Crippen molar-refractivity contribution in [1.29, 1.82) is 5.26 Å². The third kappa shape index (κ3) is 4.61. The number of anilines is 1. The van der Waals surface area contributed by atoms with Crippen LogP contribution in [0.3, 0.4) is 0 Å². The molecule has 3 heterocycles. The molecule has 7 nitrogen and oxygen atoms in total. The molecule has 42 heavy (non-hydrogen) atoms. The van der Waals surface area contributed by atoms with Gasteiger partial charge in [-0.05, 0) is 62.1 Å². The molecule has 0 saturated heterocycles. The lowest BCUT2D eigenvalue weighted by atomic mass is 9.68. The Balaban J connectivity index is 1.54. The van der Waals surface area contributed by atoms with Gasteiger partial charge in [0.2, 0.25) is 0 Å². The first-order valence-corrected chi connectivity index (χ1v) is 14.7. The van der Waals surface area contributed by atoms with E-state index >= 15 is 0 Å². The van der Waals surface area contributed by atoms with Gasteiger partial charge in [-0.15, -0.1) is 11.3 Å². The fourth-order valence-corrected chi connectivity index (χ4v) is 7.08. The molecule has 0 saturated carbocycles. The number of Topliss-reactive ketones (excluding diaryl/α,β-unsaturated/α-hetero) is 1. The zero-order valence-electron chi connectivity index (χ0n) is 23.6. The summed E-state index contributed by atoms with van der Waals surface area (Å²) >= 11 is 8.36. The minimum Gasteiger partial charge on any atom is -0.384 e. The largest absolute Gasteiger partial charge is 0.384 e. The summed E-state index contributed by atoms with van der Waals surface area (Å²) in [5, 5.41) is 17.9. The Morgan fingerprint density at radius 1 is 1.12 bits per heavy atom. The number of halogens is 2. The SMILES string of the molecule is Cc1ccc(-n2nc(C)c(C3C(C#N)=C(N)N(c4nc(-c5ccc(F)cc5)cs4)C4=C3C(=O)CC(C)(C)C4)c2Cl)cc1. The Morgan fingerprint density at radius 2 is 1.81 bits per heavy atom.